The van der Waals surface area contributed by atoms with E-state index in [9.17, 15) is 9.59 Å². The van der Waals surface area contributed by atoms with Gasteiger partial charge in [-0.15, -0.1) is 11.6 Å². The number of amides is 2. The third kappa shape index (κ3) is 6.73. The van der Waals surface area contributed by atoms with Gasteiger partial charge in [-0.3, -0.25) is 9.59 Å². The lowest BCUT2D eigenvalue weighted by Gasteiger charge is -2.35. The molecule has 3 rings (SSSR count). The second-order valence-corrected chi connectivity index (χ2v) is 9.61. The molecule has 0 unspecified atom stereocenters. The zero-order valence-corrected chi connectivity index (χ0v) is 19.9. The van der Waals surface area contributed by atoms with Gasteiger partial charge in [0, 0.05) is 17.6 Å². The summed E-state index contributed by atoms with van der Waals surface area (Å²) in [5.41, 5.74) is 2.14. The van der Waals surface area contributed by atoms with Crippen LogP contribution < -0.4 is 5.32 Å². The van der Waals surface area contributed by atoms with E-state index < -0.39 is 6.04 Å². The van der Waals surface area contributed by atoms with Crippen LogP contribution in [-0.4, -0.2) is 35.2 Å². The Balaban J connectivity index is 1.85. The Kier molecular flexibility index (Phi) is 9.28. The Morgan fingerprint density at radius 3 is 2.52 bits per heavy atom. The van der Waals surface area contributed by atoms with Crippen LogP contribution in [0.1, 0.15) is 76.3 Å². The van der Waals surface area contributed by atoms with Crippen molar-refractivity contribution in [3.8, 4) is 0 Å². The summed E-state index contributed by atoms with van der Waals surface area (Å²) in [4.78, 5) is 28.1. The number of carbonyl (C=O) groups is 2. The van der Waals surface area contributed by atoms with Gasteiger partial charge in [-0.2, -0.15) is 0 Å². The molecular formula is C25H34Cl2N2O2. The van der Waals surface area contributed by atoms with Crippen molar-refractivity contribution in [2.45, 2.75) is 76.8 Å². The molecule has 0 spiro atoms. The van der Waals surface area contributed by atoms with E-state index in [0.29, 0.717) is 17.5 Å². The number of rotatable bonds is 8. The van der Waals surface area contributed by atoms with Crippen molar-refractivity contribution in [3.63, 3.8) is 0 Å². The van der Waals surface area contributed by atoms with Crippen LogP contribution in [0.3, 0.4) is 0 Å². The van der Waals surface area contributed by atoms with E-state index in [-0.39, 0.29) is 23.7 Å². The Labute approximate surface area is 196 Å². The number of allylic oxidation sites excluding steroid dienone is 1. The molecule has 1 fully saturated rings. The van der Waals surface area contributed by atoms with Crippen molar-refractivity contribution in [2.75, 3.05) is 12.4 Å². The summed E-state index contributed by atoms with van der Waals surface area (Å²) in [7, 11) is 0. The van der Waals surface area contributed by atoms with E-state index >= 15 is 0 Å². The molecule has 3 atom stereocenters. The average molecular weight is 465 g/mol. The van der Waals surface area contributed by atoms with Gasteiger partial charge in [0.25, 0.3) is 0 Å². The Hall–Kier alpha value is -1.52. The molecule has 0 saturated heterocycles. The smallest absolute Gasteiger partial charge is 0.247 e. The molecule has 0 aliphatic heterocycles. The number of alkyl halides is 1. The summed E-state index contributed by atoms with van der Waals surface area (Å²) in [6.45, 7) is 2.68. The molecule has 31 heavy (non-hydrogen) atoms. The molecule has 1 aromatic carbocycles. The van der Waals surface area contributed by atoms with Gasteiger partial charge in [-0.1, -0.05) is 55.1 Å². The number of nitrogens with one attached hydrogen (secondary N) is 1. The summed E-state index contributed by atoms with van der Waals surface area (Å²) < 4.78 is 0. The molecule has 6 heteroatoms. The molecular weight excluding hydrogens is 431 g/mol. The molecule has 0 radical (unpaired) electrons. The average Bonchev–Trinajstić information content (AvgIpc) is 2.79. The quantitative estimate of drug-likeness (QED) is 0.376. The first kappa shape index (κ1) is 24.1. The fourth-order valence-electron chi connectivity index (χ4n) is 4.78. The van der Waals surface area contributed by atoms with Gasteiger partial charge in [-0.25, -0.2) is 0 Å². The number of nitrogens with zero attached hydrogens (tertiary/aromatic N) is 1. The molecule has 1 N–H and O–H groups in total. The van der Waals surface area contributed by atoms with Crippen LogP contribution in [0, 0.1) is 5.92 Å². The van der Waals surface area contributed by atoms with Gasteiger partial charge in [0.05, 0.1) is 0 Å². The lowest BCUT2D eigenvalue weighted by Crippen LogP contribution is -2.49. The minimum Gasteiger partial charge on any atom is -0.351 e. The molecule has 1 aromatic rings. The summed E-state index contributed by atoms with van der Waals surface area (Å²) in [5, 5.41) is 3.86. The molecule has 2 amide bonds. The minimum absolute atomic E-state index is 0.128. The normalized spacial score (nSPS) is 22.4. The standard InChI is InChI=1S/C25H34Cl2N2O2/c1-18-7-5-6-10-22(18)28-25(31)24(20-11-13-21(27)14-12-20)29(23(30)17-26)16-15-19-8-3-2-4-9-19/h8,11-14,18,22,24H,2-7,9-10,15-17H2,1H3,(H,28,31)/t18-,22+,24-/m1/s1. The Morgan fingerprint density at radius 2 is 1.87 bits per heavy atom. The van der Waals surface area contributed by atoms with Crippen molar-refractivity contribution >= 4 is 35.0 Å². The van der Waals surface area contributed by atoms with Crippen molar-refractivity contribution in [2.24, 2.45) is 5.92 Å². The molecule has 1 saturated carbocycles. The number of benzene rings is 1. The summed E-state index contributed by atoms with van der Waals surface area (Å²) in [5.74, 6) is -0.0499. The van der Waals surface area contributed by atoms with E-state index in [1.54, 1.807) is 17.0 Å². The highest BCUT2D eigenvalue weighted by molar-refractivity contribution is 6.30. The predicted octanol–water partition coefficient (Wildman–Crippen LogP) is 6.03. The van der Waals surface area contributed by atoms with Gasteiger partial charge in [0.15, 0.2) is 0 Å². The fraction of sp³-hybridized carbons (Fsp3) is 0.600. The highest BCUT2D eigenvalue weighted by Gasteiger charge is 2.33. The number of hydrogen-bond acceptors (Lipinski definition) is 2. The molecule has 0 heterocycles. The zero-order chi connectivity index (χ0) is 22.2. The van der Waals surface area contributed by atoms with E-state index in [4.69, 9.17) is 23.2 Å². The topological polar surface area (TPSA) is 49.4 Å². The van der Waals surface area contributed by atoms with Gasteiger partial charge in [-0.05, 0) is 68.6 Å². The maximum absolute atomic E-state index is 13.6. The van der Waals surface area contributed by atoms with Gasteiger partial charge < -0.3 is 10.2 Å². The van der Waals surface area contributed by atoms with Crippen LogP contribution in [0.2, 0.25) is 5.02 Å². The molecule has 0 bridgehead atoms. The van der Waals surface area contributed by atoms with Crippen LogP contribution in [0.4, 0.5) is 0 Å². The van der Waals surface area contributed by atoms with Crippen molar-refractivity contribution in [1.29, 1.82) is 0 Å². The lowest BCUT2D eigenvalue weighted by atomic mass is 9.85. The van der Waals surface area contributed by atoms with Gasteiger partial charge in [0.1, 0.15) is 11.9 Å². The number of hydrogen-bond donors (Lipinski definition) is 1. The maximum Gasteiger partial charge on any atom is 0.247 e. The van der Waals surface area contributed by atoms with Crippen molar-refractivity contribution in [3.05, 3.63) is 46.5 Å². The maximum atomic E-state index is 13.6. The van der Waals surface area contributed by atoms with E-state index in [1.165, 1.54) is 24.8 Å². The summed E-state index contributed by atoms with van der Waals surface area (Å²) in [6.07, 6.45) is 12.1. The molecule has 2 aliphatic carbocycles. The van der Waals surface area contributed by atoms with E-state index in [1.807, 2.05) is 12.1 Å². The first-order chi connectivity index (χ1) is 15.0. The highest BCUT2D eigenvalue weighted by Crippen LogP contribution is 2.29. The second kappa shape index (κ2) is 11.9. The van der Waals surface area contributed by atoms with Crippen molar-refractivity contribution in [1.82, 2.24) is 10.2 Å². The largest absolute Gasteiger partial charge is 0.351 e. The lowest BCUT2D eigenvalue weighted by molar-refractivity contribution is -0.139. The SMILES string of the molecule is C[C@@H]1CCCC[C@@H]1NC(=O)[C@@H](c1ccc(Cl)cc1)N(CCC1=CCCCC1)C(=O)CCl. The molecule has 4 nitrogen and oxygen atoms in total. The van der Waals surface area contributed by atoms with Crippen LogP contribution in [-0.2, 0) is 9.59 Å². The van der Waals surface area contributed by atoms with Crippen LogP contribution in [0.15, 0.2) is 35.9 Å². The number of halogens is 2. The Bertz CT molecular complexity index is 778. The van der Waals surface area contributed by atoms with E-state index in [2.05, 4.69) is 18.3 Å². The summed E-state index contributed by atoms with van der Waals surface area (Å²) >= 11 is 12.1. The van der Waals surface area contributed by atoms with Crippen molar-refractivity contribution < 1.29 is 9.59 Å². The monoisotopic (exact) mass is 464 g/mol. The fourth-order valence-corrected chi connectivity index (χ4v) is 5.06. The third-order valence-electron chi connectivity index (χ3n) is 6.68. The molecule has 2 aliphatic rings. The van der Waals surface area contributed by atoms with Crippen LogP contribution in [0.5, 0.6) is 0 Å². The van der Waals surface area contributed by atoms with Crippen LogP contribution in [0.25, 0.3) is 0 Å². The number of carbonyl (C=O) groups excluding carboxylic acids is 2. The zero-order valence-electron chi connectivity index (χ0n) is 18.4. The first-order valence-corrected chi connectivity index (χ1v) is 12.5. The second-order valence-electron chi connectivity index (χ2n) is 8.91. The van der Waals surface area contributed by atoms with Crippen LogP contribution >= 0.6 is 23.2 Å². The Morgan fingerprint density at radius 1 is 1.13 bits per heavy atom. The van der Waals surface area contributed by atoms with E-state index in [0.717, 1.165) is 44.1 Å². The van der Waals surface area contributed by atoms with Gasteiger partial charge in [0.2, 0.25) is 11.8 Å². The first-order valence-electron chi connectivity index (χ1n) is 11.6. The summed E-state index contributed by atoms with van der Waals surface area (Å²) in [6, 6.07) is 6.66. The minimum atomic E-state index is -0.707. The highest BCUT2D eigenvalue weighted by atomic mass is 35.5. The molecule has 0 aromatic heterocycles. The van der Waals surface area contributed by atoms with Gasteiger partial charge >= 0.3 is 0 Å². The predicted molar refractivity (Wildman–Crippen MR) is 127 cm³/mol. The third-order valence-corrected chi connectivity index (χ3v) is 7.16. The molecule has 170 valence electrons.